The lowest BCUT2D eigenvalue weighted by Crippen LogP contribution is -2.52. The minimum absolute atomic E-state index is 0.128. The van der Waals surface area contributed by atoms with Gasteiger partial charge in [-0.1, -0.05) is 6.07 Å². The molecular weight excluding hydrogens is 302 g/mol. The monoisotopic (exact) mass is 318 g/mol. The fourth-order valence-corrected chi connectivity index (χ4v) is 2.56. The first-order valence-electron chi connectivity index (χ1n) is 7.35. The average Bonchev–Trinajstić information content (AvgIpc) is 2.49. The number of hydrogen-bond acceptors (Lipinski definition) is 3. The number of carbonyl (C=O) groups excluding carboxylic acids is 1. The zero-order chi connectivity index (χ0) is 16.4. The van der Waals surface area contributed by atoms with E-state index in [1.807, 2.05) is 12.1 Å². The smallest absolute Gasteiger partial charge is 0.263 e. The first-order chi connectivity index (χ1) is 11.0. The molecule has 0 aliphatic carbocycles. The van der Waals surface area contributed by atoms with Crippen LogP contribution in [0.5, 0.6) is 5.75 Å². The molecule has 0 bridgehead atoms. The standard InChI is InChI=1S/C17H16F2N2O2/c1-11(23-16-5-4-14(18)7-15(16)19)17(22)21-9-13(10-21)12-3-2-6-20-8-12/h2-8,11,13H,9-10H2,1H3/t11-/m1/s1. The molecule has 120 valence electrons. The first-order valence-corrected chi connectivity index (χ1v) is 7.35. The molecule has 3 rings (SSSR count). The maximum atomic E-state index is 13.6. The SMILES string of the molecule is C[C@@H](Oc1ccc(F)cc1F)C(=O)N1CC(c2cccnc2)C1. The number of rotatable bonds is 4. The number of benzene rings is 1. The molecule has 2 heterocycles. The summed E-state index contributed by atoms with van der Waals surface area (Å²) >= 11 is 0. The van der Waals surface area contributed by atoms with Crippen LogP contribution in [0.1, 0.15) is 18.4 Å². The van der Waals surface area contributed by atoms with Crippen LogP contribution in [0.15, 0.2) is 42.7 Å². The molecule has 23 heavy (non-hydrogen) atoms. The quantitative estimate of drug-likeness (QED) is 0.870. The molecule has 4 nitrogen and oxygen atoms in total. The molecule has 1 atom stereocenters. The largest absolute Gasteiger partial charge is 0.478 e. The molecule has 1 fully saturated rings. The van der Waals surface area contributed by atoms with Crippen molar-refractivity contribution in [3.05, 3.63) is 59.9 Å². The fraction of sp³-hybridized carbons (Fsp3) is 0.294. The molecule has 1 aliphatic rings. The Hall–Kier alpha value is -2.50. The van der Waals surface area contributed by atoms with Gasteiger partial charge in [0.1, 0.15) is 5.82 Å². The Morgan fingerprint density at radius 2 is 2.13 bits per heavy atom. The van der Waals surface area contributed by atoms with E-state index in [1.165, 1.54) is 6.07 Å². The number of hydrogen-bond donors (Lipinski definition) is 0. The van der Waals surface area contributed by atoms with Gasteiger partial charge in [-0.05, 0) is 30.7 Å². The van der Waals surface area contributed by atoms with Gasteiger partial charge < -0.3 is 9.64 Å². The zero-order valence-corrected chi connectivity index (χ0v) is 12.6. The summed E-state index contributed by atoms with van der Waals surface area (Å²) in [6.07, 6.45) is 2.67. The highest BCUT2D eigenvalue weighted by Gasteiger charge is 2.34. The number of halogens is 2. The minimum Gasteiger partial charge on any atom is -0.478 e. The minimum atomic E-state index is -0.829. The summed E-state index contributed by atoms with van der Waals surface area (Å²) in [4.78, 5) is 18.0. The number of nitrogens with zero attached hydrogens (tertiary/aromatic N) is 2. The van der Waals surface area contributed by atoms with Crippen molar-refractivity contribution in [2.45, 2.75) is 18.9 Å². The molecule has 0 spiro atoms. The van der Waals surface area contributed by atoms with E-state index in [1.54, 1.807) is 24.2 Å². The van der Waals surface area contributed by atoms with Gasteiger partial charge in [-0.3, -0.25) is 9.78 Å². The van der Waals surface area contributed by atoms with E-state index in [0.717, 1.165) is 17.7 Å². The maximum absolute atomic E-state index is 13.6. The van der Waals surface area contributed by atoms with Gasteiger partial charge in [0, 0.05) is 37.5 Å². The second-order valence-corrected chi connectivity index (χ2v) is 5.56. The van der Waals surface area contributed by atoms with Crippen molar-refractivity contribution in [3.63, 3.8) is 0 Å². The summed E-state index contributed by atoms with van der Waals surface area (Å²) in [6, 6.07) is 6.85. The lowest BCUT2D eigenvalue weighted by molar-refractivity contribution is -0.142. The van der Waals surface area contributed by atoms with Crippen LogP contribution in [0.3, 0.4) is 0 Å². The Morgan fingerprint density at radius 1 is 1.35 bits per heavy atom. The molecule has 0 N–H and O–H groups in total. The summed E-state index contributed by atoms with van der Waals surface area (Å²) in [7, 11) is 0. The number of likely N-dealkylation sites (tertiary alicyclic amines) is 1. The van der Waals surface area contributed by atoms with Crippen LogP contribution in [0.4, 0.5) is 8.78 Å². The Balaban J connectivity index is 1.57. The number of aromatic nitrogens is 1. The van der Waals surface area contributed by atoms with Crippen LogP contribution < -0.4 is 4.74 Å². The lowest BCUT2D eigenvalue weighted by Gasteiger charge is -2.40. The Labute approximate surface area is 132 Å². The molecule has 0 radical (unpaired) electrons. The maximum Gasteiger partial charge on any atom is 0.263 e. The summed E-state index contributed by atoms with van der Waals surface area (Å²) in [6.45, 7) is 2.73. The van der Waals surface area contributed by atoms with Gasteiger partial charge in [-0.25, -0.2) is 8.78 Å². The third-order valence-electron chi connectivity index (χ3n) is 3.89. The number of ether oxygens (including phenoxy) is 1. The predicted octanol–water partition coefficient (Wildman–Crippen LogP) is 2.75. The highest BCUT2D eigenvalue weighted by molar-refractivity contribution is 5.82. The molecule has 1 amide bonds. The lowest BCUT2D eigenvalue weighted by atomic mass is 9.92. The van der Waals surface area contributed by atoms with Crippen LogP contribution >= 0.6 is 0 Å². The second-order valence-electron chi connectivity index (χ2n) is 5.56. The molecular formula is C17H16F2N2O2. The van der Waals surface area contributed by atoms with Gasteiger partial charge >= 0.3 is 0 Å². The molecule has 0 unspecified atom stereocenters. The van der Waals surface area contributed by atoms with Gasteiger partial charge in [0.05, 0.1) is 0 Å². The van der Waals surface area contributed by atoms with E-state index >= 15 is 0 Å². The first kappa shape index (κ1) is 15.4. The van der Waals surface area contributed by atoms with E-state index in [-0.39, 0.29) is 17.6 Å². The third kappa shape index (κ3) is 3.31. The normalized spacial score (nSPS) is 15.9. The van der Waals surface area contributed by atoms with Gasteiger partial charge in [-0.2, -0.15) is 0 Å². The van der Waals surface area contributed by atoms with Crippen molar-refractivity contribution in [2.24, 2.45) is 0 Å². The third-order valence-corrected chi connectivity index (χ3v) is 3.89. The number of amides is 1. The van der Waals surface area contributed by atoms with Gasteiger partial charge in [0.2, 0.25) is 0 Å². The van der Waals surface area contributed by atoms with E-state index in [0.29, 0.717) is 13.1 Å². The number of carbonyl (C=O) groups is 1. The highest BCUT2D eigenvalue weighted by Crippen LogP contribution is 2.27. The Bertz CT molecular complexity index is 703. The summed E-state index contributed by atoms with van der Waals surface area (Å²) in [5.41, 5.74) is 1.09. The molecule has 1 saturated heterocycles. The summed E-state index contributed by atoms with van der Waals surface area (Å²) in [5, 5.41) is 0. The molecule has 1 aromatic carbocycles. The van der Waals surface area contributed by atoms with E-state index in [4.69, 9.17) is 4.74 Å². The van der Waals surface area contributed by atoms with Crippen molar-refractivity contribution < 1.29 is 18.3 Å². The Morgan fingerprint density at radius 3 is 2.78 bits per heavy atom. The highest BCUT2D eigenvalue weighted by atomic mass is 19.1. The zero-order valence-electron chi connectivity index (χ0n) is 12.6. The fourth-order valence-electron chi connectivity index (χ4n) is 2.56. The van der Waals surface area contributed by atoms with Crippen LogP contribution in [0.2, 0.25) is 0 Å². The summed E-state index contributed by atoms with van der Waals surface area (Å²) in [5.74, 6) is -1.58. The average molecular weight is 318 g/mol. The van der Waals surface area contributed by atoms with Crippen LogP contribution in [-0.2, 0) is 4.79 Å². The molecule has 1 aromatic heterocycles. The van der Waals surface area contributed by atoms with E-state index in [2.05, 4.69) is 4.98 Å². The van der Waals surface area contributed by atoms with Crippen LogP contribution in [-0.4, -0.2) is 35.0 Å². The number of pyridine rings is 1. The van der Waals surface area contributed by atoms with Crippen molar-refractivity contribution in [1.29, 1.82) is 0 Å². The van der Waals surface area contributed by atoms with E-state index < -0.39 is 17.7 Å². The second kappa shape index (κ2) is 6.32. The van der Waals surface area contributed by atoms with E-state index in [9.17, 15) is 13.6 Å². The van der Waals surface area contributed by atoms with Crippen LogP contribution in [0.25, 0.3) is 0 Å². The molecule has 1 aliphatic heterocycles. The van der Waals surface area contributed by atoms with Crippen molar-refractivity contribution in [3.8, 4) is 5.75 Å². The molecule has 6 heteroatoms. The van der Waals surface area contributed by atoms with Crippen molar-refractivity contribution in [2.75, 3.05) is 13.1 Å². The predicted molar refractivity (Wildman–Crippen MR) is 80.0 cm³/mol. The van der Waals surface area contributed by atoms with Crippen molar-refractivity contribution in [1.82, 2.24) is 9.88 Å². The topological polar surface area (TPSA) is 42.4 Å². The van der Waals surface area contributed by atoms with Gasteiger partial charge in [-0.15, -0.1) is 0 Å². The van der Waals surface area contributed by atoms with Gasteiger partial charge in [0.15, 0.2) is 17.7 Å². The Kier molecular flexibility index (Phi) is 4.23. The summed E-state index contributed by atoms with van der Waals surface area (Å²) < 4.78 is 31.7. The van der Waals surface area contributed by atoms with Gasteiger partial charge in [0.25, 0.3) is 5.91 Å². The van der Waals surface area contributed by atoms with Crippen molar-refractivity contribution >= 4 is 5.91 Å². The molecule has 2 aromatic rings. The molecule has 0 saturated carbocycles. The van der Waals surface area contributed by atoms with Crippen LogP contribution in [0, 0.1) is 11.6 Å².